The largest absolute Gasteiger partial charge is 0.465 e. The van der Waals surface area contributed by atoms with Gasteiger partial charge in [0.2, 0.25) is 11.8 Å². The molecule has 0 radical (unpaired) electrons. The second kappa shape index (κ2) is 13.6. The minimum Gasteiger partial charge on any atom is -0.465 e. The lowest BCUT2D eigenvalue weighted by Gasteiger charge is -2.38. The number of hydrogen-bond donors (Lipinski definition) is 3. The van der Waals surface area contributed by atoms with E-state index >= 15 is 0 Å². The van der Waals surface area contributed by atoms with E-state index in [4.69, 9.17) is 23.8 Å². The number of benzene rings is 1. The normalized spacial score (nSPS) is 18.7. The first-order chi connectivity index (χ1) is 17.1. The third kappa shape index (κ3) is 8.81. The lowest BCUT2D eigenvalue weighted by molar-refractivity contribution is -0.186. The predicted octanol–water partition coefficient (Wildman–Crippen LogP) is 1.65. The highest BCUT2D eigenvalue weighted by atomic mass is 16.7. The molecule has 1 aliphatic rings. The number of hydrogen-bond acceptors (Lipinski definition) is 11. The van der Waals surface area contributed by atoms with Crippen molar-refractivity contribution in [3.63, 3.8) is 0 Å². The van der Waals surface area contributed by atoms with Gasteiger partial charge in [0.1, 0.15) is 12.3 Å². The van der Waals surface area contributed by atoms with E-state index in [1.807, 2.05) is 0 Å². The van der Waals surface area contributed by atoms with Crippen molar-refractivity contribution in [1.29, 1.82) is 0 Å². The Hall–Kier alpha value is -4.29. The number of amides is 2. The van der Waals surface area contributed by atoms with Crippen molar-refractivity contribution in [3.8, 4) is 0 Å². The summed E-state index contributed by atoms with van der Waals surface area (Å²) in [5.41, 5.74) is 2.57. The number of para-hydroxylation sites is 1. The maximum atomic E-state index is 12.4. The molecular formula is C23H29N3O10. The second-order valence-electron chi connectivity index (χ2n) is 7.59. The molecule has 0 spiro atoms. The summed E-state index contributed by atoms with van der Waals surface area (Å²) in [4.78, 5) is 64.8. The highest BCUT2D eigenvalue weighted by Crippen LogP contribution is 2.28. The van der Waals surface area contributed by atoms with Gasteiger partial charge < -0.3 is 29.1 Å². The van der Waals surface area contributed by atoms with Crippen LogP contribution in [0.3, 0.4) is 0 Å². The monoisotopic (exact) mass is 507 g/mol. The molecule has 1 aliphatic heterocycles. The van der Waals surface area contributed by atoms with Gasteiger partial charge in [0.05, 0.1) is 0 Å². The fraction of sp³-hybridized carbons (Fsp3) is 0.435. The lowest BCUT2D eigenvalue weighted by Crippen LogP contribution is -2.55. The van der Waals surface area contributed by atoms with Gasteiger partial charge in [-0.3, -0.25) is 24.5 Å². The predicted molar refractivity (Wildman–Crippen MR) is 122 cm³/mol. The Morgan fingerprint density at radius 2 is 1.58 bits per heavy atom. The van der Waals surface area contributed by atoms with Gasteiger partial charge in [0.15, 0.2) is 18.3 Å². The molecule has 0 saturated carbocycles. The molecule has 3 N–H and O–H groups in total. The van der Waals surface area contributed by atoms with Gasteiger partial charge in [0, 0.05) is 32.9 Å². The van der Waals surface area contributed by atoms with Gasteiger partial charge in [0.25, 0.3) is 0 Å². The van der Waals surface area contributed by atoms with Gasteiger partial charge in [-0.1, -0.05) is 25.1 Å². The van der Waals surface area contributed by atoms with Crippen LogP contribution >= 0.6 is 0 Å². The van der Waals surface area contributed by atoms with E-state index in [2.05, 4.69) is 16.1 Å². The molecule has 0 fully saturated rings. The third-order valence-electron chi connectivity index (χ3n) is 4.52. The van der Waals surface area contributed by atoms with Crippen LogP contribution < -0.4 is 16.1 Å². The first-order valence-corrected chi connectivity index (χ1v) is 11.1. The third-order valence-corrected chi connectivity index (χ3v) is 4.52. The molecule has 0 saturated heterocycles. The maximum Gasteiger partial charge on any atom is 0.436 e. The topological polar surface area (TPSA) is 168 Å². The van der Waals surface area contributed by atoms with Crippen molar-refractivity contribution < 1.29 is 47.8 Å². The van der Waals surface area contributed by atoms with Crippen molar-refractivity contribution in [2.75, 3.05) is 11.9 Å². The molecule has 196 valence electrons. The number of anilines is 1. The first kappa shape index (κ1) is 28.0. The van der Waals surface area contributed by atoms with Crippen LogP contribution in [0, 0.1) is 0 Å². The van der Waals surface area contributed by atoms with Gasteiger partial charge in [-0.15, -0.1) is 0 Å². The van der Waals surface area contributed by atoms with Gasteiger partial charge in [-0.2, -0.15) is 5.48 Å². The van der Waals surface area contributed by atoms with Crippen molar-refractivity contribution in [3.05, 3.63) is 41.9 Å². The Kier molecular flexibility index (Phi) is 10.5. The SMILES string of the molecule is CCCC(=O)NC1=C(NOC(=O)Nc2ccccc2)O[C@H](COC(C)=O)[C@@H](OC(C)=O)[C@@H]1OC(C)=O. The molecule has 13 heteroatoms. The molecule has 1 heterocycles. The summed E-state index contributed by atoms with van der Waals surface area (Å²) in [6.45, 7) is 4.77. The number of ether oxygens (including phenoxy) is 4. The molecule has 0 unspecified atom stereocenters. The molecule has 36 heavy (non-hydrogen) atoms. The van der Waals surface area contributed by atoms with Crippen LogP contribution in [-0.2, 0) is 43.0 Å². The zero-order valence-electron chi connectivity index (χ0n) is 20.3. The minimum absolute atomic E-state index is 0.105. The van der Waals surface area contributed by atoms with Crippen LogP contribution in [0.15, 0.2) is 41.9 Å². The number of carbonyl (C=O) groups excluding carboxylic acids is 5. The zero-order chi connectivity index (χ0) is 26.7. The van der Waals surface area contributed by atoms with Crippen LogP contribution in [0.25, 0.3) is 0 Å². The Morgan fingerprint density at radius 3 is 2.17 bits per heavy atom. The van der Waals surface area contributed by atoms with E-state index in [1.165, 1.54) is 0 Å². The van der Waals surface area contributed by atoms with Crippen LogP contribution in [0.5, 0.6) is 0 Å². The minimum atomic E-state index is -1.40. The van der Waals surface area contributed by atoms with E-state index < -0.39 is 54.8 Å². The molecule has 1 aromatic rings. The van der Waals surface area contributed by atoms with E-state index in [0.29, 0.717) is 12.1 Å². The van der Waals surface area contributed by atoms with Crippen molar-refractivity contribution in [2.24, 2.45) is 0 Å². The summed E-state index contributed by atoms with van der Waals surface area (Å²) in [5.74, 6) is -2.96. The van der Waals surface area contributed by atoms with Gasteiger partial charge in [-0.05, 0) is 18.6 Å². The Labute approximate surface area is 207 Å². The lowest BCUT2D eigenvalue weighted by atomic mass is 10.0. The summed E-state index contributed by atoms with van der Waals surface area (Å²) in [6.07, 6.45) is -4.24. The molecule has 0 bridgehead atoms. The van der Waals surface area contributed by atoms with Crippen LogP contribution in [-0.4, -0.2) is 54.8 Å². The van der Waals surface area contributed by atoms with E-state index in [1.54, 1.807) is 37.3 Å². The van der Waals surface area contributed by atoms with Crippen molar-refractivity contribution >= 4 is 35.6 Å². The molecular weight excluding hydrogens is 478 g/mol. The Balaban J connectivity index is 2.41. The van der Waals surface area contributed by atoms with Gasteiger partial charge in [-0.25, -0.2) is 4.79 Å². The van der Waals surface area contributed by atoms with E-state index in [-0.39, 0.29) is 18.0 Å². The molecule has 1 aromatic carbocycles. The quantitative estimate of drug-likeness (QED) is 0.239. The molecule has 2 amide bonds. The number of carbonyl (C=O) groups is 5. The van der Waals surface area contributed by atoms with Crippen LogP contribution in [0.2, 0.25) is 0 Å². The number of nitrogens with one attached hydrogen (secondary N) is 3. The average Bonchev–Trinajstić information content (AvgIpc) is 2.79. The molecule has 2 rings (SSSR count). The summed E-state index contributed by atoms with van der Waals surface area (Å²) in [7, 11) is 0. The highest BCUT2D eigenvalue weighted by molar-refractivity contribution is 5.84. The smallest absolute Gasteiger partial charge is 0.436 e. The fourth-order valence-electron chi connectivity index (χ4n) is 3.14. The molecule has 3 atom stereocenters. The Bertz CT molecular complexity index is 995. The van der Waals surface area contributed by atoms with Crippen LogP contribution in [0.1, 0.15) is 40.5 Å². The van der Waals surface area contributed by atoms with Crippen molar-refractivity contribution in [1.82, 2.24) is 10.8 Å². The maximum absolute atomic E-state index is 12.4. The molecule has 13 nitrogen and oxygen atoms in total. The average molecular weight is 507 g/mol. The summed E-state index contributed by atoms with van der Waals surface area (Å²) >= 11 is 0. The summed E-state index contributed by atoms with van der Waals surface area (Å²) in [6, 6.07) is 8.43. The summed E-state index contributed by atoms with van der Waals surface area (Å²) < 4.78 is 21.4. The molecule has 0 aliphatic carbocycles. The summed E-state index contributed by atoms with van der Waals surface area (Å²) in [5, 5.41) is 5.03. The zero-order valence-corrected chi connectivity index (χ0v) is 20.3. The fourth-order valence-corrected chi connectivity index (χ4v) is 3.14. The second-order valence-corrected chi connectivity index (χ2v) is 7.59. The first-order valence-electron chi connectivity index (χ1n) is 11.1. The highest BCUT2D eigenvalue weighted by Gasteiger charge is 2.46. The van der Waals surface area contributed by atoms with E-state index in [9.17, 15) is 24.0 Å². The number of rotatable bonds is 10. The number of esters is 3. The van der Waals surface area contributed by atoms with Crippen LogP contribution in [0.4, 0.5) is 10.5 Å². The van der Waals surface area contributed by atoms with Crippen molar-refractivity contribution in [2.45, 2.75) is 58.8 Å². The Morgan fingerprint density at radius 1 is 0.917 bits per heavy atom. The molecule has 0 aromatic heterocycles. The standard InChI is InChI=1S/C23H29N3O10/c1-5-9-18(30)25-19-21(34-15(4)29)20(33-14(3)28)17(12-32-13(2)27)35-22(19)26-36-23(31)24-16-10-7-6-8-11-16/h6-8,10-11,17,20-21,26H,5,9,12H2,1-4H3,(H,24,31)(H,25,30)/t17-,20-,21-/m1/s1. The number of hydroxylamine groups is 1. The van der Waals surface area contributed by atoms with E-state index in [0.717, 1.165) is 20.8 Å². The van der Waals surface area contributed by atoms with Gasteiger partial charge >= 0.3 is 24.0 Å².